The van der Waals surface area contributed by atoms with Gasteiger partial charge in [0.2, 0.25) is 0 Å². The Morgan fingerprint density at radius 1 is 1.40 bits per heavy atom. The molecular weight excluding hydrogens is 186 g/mol. The predicted octanol–water partition coefficient (Wildman–Crippen LogP) is 1.31. The molecule has 0 spiro atoms. The zero-order chi connectivity index (χ0) is 10.5. The van der Waals surface area contributed by atoms with Gasteiger partial charge in [-0.25, -0.2) is 0 Å². The fourth-order valence-corrected chi connectivity index (χ4v) is 1.76. The summed E-state index contributed by atoms with van der Waals surface area (Å²) in [5.74, 6) is 0. The normalized spacial score (nSPS) is 21.0. The Kier molecular flexibility index (Phi) is 3.38. The minimum atomic E-state index is 0.976. The predicted molar refractivity (Wildman–Crippen MR) is 62.9 cm³/mol. The molecule has 2 heterocycles. The van der Waals surface area contributed by atoms with Crippen LogP contribution in [0, 0.1) is 0 Å². The lowest BCUT2D eigenvalue weighted by molar-refractivity contribution is 0.308. The van der Waals surface area contributed by atoms with Crippen LogP contribution < -0.4 is 5.32 Å². The molecule has 1 saturated heterocycles. The number of nitrogens with zero attached hydrogens (tertiary/aromatic N) is 2. The Morgan fingerprint density at radius 2 is 2.20 bits per heavy atom. The lowest BCUT2D eigenvalue weighted by atomic mass is 10.2. The van der Waals surface area contributed by atoms with Gasteiger partial charge in [0.05, 0.1) is 11.9 Å². The fourth-order valence-electron chi connectivity index (χ4n) is 1.76. The van der Waals surface area contributed by atoms with Crippen LogP contribution in [0.1, 0.15) is 13.3 Å². The van der Waals surface area contributed by atoms with Gasteiger partial charge < -0.3 is 10.2 Å². The lowest BCUT2D eigenvalue weighted by Crippen LogP contribution is -2.42. The van der Waals surface area contributed by atoms with Gasteiger partial charge in [0.25, 0.3) is 0 Å². The van der Waals surface area contributed by atoms with Gasteiger partial charge in [0.15, 0.2) is 0 Å². The van der Waals surface area contributed by atoms with E-state index >= 15 is 0 Å². The molecule has 0 amide bonds. The summed E-state index contributed by atoms with van der Waals surface area (Å²) in [6.45, 7) is 6.35. The van der Waals surface area contributed by atoms with E-state index in [1.807, 2.05) is 0 Å². The molecule has 1 N–H and O–H groups in total. The van der Waals surface area contributed by atoms with Crippen molar-refractivity contribution in [1.82, 2.24) is 10.2 Å². The summed E-state index contributed by atoms with van der Waals surface area (Å²) in [7, 11) is 0. The van der Waals surface area contributed by atoms with E-state index in [2.05, 4.69) is 40.0 Å². The van der Waals surface area contributed by atoms with Gasteiger partial charge in [0, 0.05) is 31.9 Å². The second kappa shape index (κ2) is 4.96. The summed E-state index contributed by atoms with van der Waals surface area (Å²) < 4.78 is 0. The zero-order valence-electron chi connectivity index (χ0n) is 9.16. The molecule has 3 heteroatoms. The van der Waals surface area contributed by atoms with Gasteiger partial charge >= 0.3 is 0 Å². The van der Waals surface area contributed by atoms with Crippen LogP contribution in [0.15, 0.2) is 34.8 Å². The van der Waals surface area contributed by atoms with E-state index in [-0.39, 0.29) is 0 Å². The molecule has 0 radical (unpaired) electrons. The zero-order valence-corrected chi connectivity index (χ0v) is 9.16. The van der Waals surface area contributed by atoms with Crippen LogP contribution in [-0.2, 0) is 0 Å². The van der Waals surface area contributed by atoms with Crippen molar-refractivity contribution < 1.29 is 0 Å². The third kappa shape index (κ3) is 2.58. The standard InChI is InChI=1S/C12H17N3/c1-2-11-3-4-12(5-6-14-11)15-9-7-13-8-10-15/h3-4,6,13H,2,7-10H2,1H3. The quantitative estimate of drug-likeness (QED) is 0.685. The summed E-state index contributed by atoms with van der Waals surface area (Å²) in [4.78, 5) is 6.66. The number of nitrogens with one attached hydrogen (secondary N) is 1. The van der Waals surface area contributed by atoms with Gasteiger partial charge in [-0.05, 0) is 18.6 Å². The van der Waals surface area contributed by atoms with Crippen molar-refractivity contribution in [1.29, 1.82) is 0 Å². The smallest absolute Gasteiger partial charge is 0.0816 e. The molecule has 2 aliphatic heterocycles. The Balaban J connectivity index is 2.08. The first-order valence-corrected chi connectivity index (χ1v) is 5.55. The van der Waals surface area contributed by atoms with Crippen molar-refractivity contribution in [2.45, 2.75) is 13.3 Å². The summed E-state index contributed by atoms with van der Waals surface area (Å²) in [5, 5.41) is 3.34. The average molecular weight is 203 g/mol. The van der Waals surface area contributed by atoms with Crippen LogP contribution in [0.2, 0.25) is 0 Å². The fraction of sp³-hybridized carbons (Fsp3) is 0.500. The molecule has 0 saturated carbocycles. The van der Waals surface area contributed by atoms with Crippen molar-refractivity contribution in [3.8, 4) is 0 Å². The Morgan fingerprint density at radius 3 is 2.93 bits per heavy atom. The highest BCUT2D eigenvalue weighted by Gasteiger charge is 2.10. The van der Waals surface area contributed by atoms with Crippen LogP contribution in [0.25, 0.3) is 0 Å². The maximum absolute atomic E-state index is 4.32. The molecule has 0 bridgehead atoms. The summed E-state index contributed by atoms with van der Waals surface area (Å²) >= 11 is 0. The molecule has 2 rings (SSSR count). The Labute approximate surface area is 90.9 Å². The van der Waals surface area contributed by atoms with E-state index < -0.39 is 0 Å². The van der Waals surface area contributed by atoms with E-state index in [9.17, 15) is 0 Å². The maximum atomic E-state index is 4.32. The van der Waals surface area contributed by atoms with Crippen LogP contribution in [0.3, 0.4) is 0 Å². The minimum Gasteiger partial charge on any atom is -0.363 e. The van der Waals surface area contributed by atoms with Gasteiger partial charge in [-0.2, -0.15) is 0 Å². The van der Waals surface area contributed by atoms with Crippen molar-refractivity contribution in [2.75, 3.05) is 26.2 Å². The number of rotatable bonds is 2. The summed E-state index contributed by atoms with van der Waals surface area (Å²) in [6.07, 6.45) is 6.98. The molecule has 2 aliphatic rings. The topological polar surface area (TPSA) is 27.6 Å². The van der Waals surface area contributed by atoms with Crippen LogP contribution >= 0.6 is 0 Å². The van der Waals surface area contributed by atoms with E-state index in [1.54, 1.807) is 6.20 Å². The number of piperazine rings is 1. The third-order valence-electron chi connectivity index (χ3n) is 2.70. The highest BCUT2D eigenvalue weighted by Crippen LogP contribution is 2.08. The molecule has 0 aliphatic carbocycles. The first-order valence-electron chi connectivity index (χ1n) is 5.55. The van der Waals surface area contributed by atoms with Gasteiger partial charge in [0.1, 0.15) is 0 Å². The molecule has 0 aromatic heterocycles. The molecule has 3 nitrogen and oxygen atoms in total. The molecule has 0 atom stereocenters. The second-order valence-corrected chi connectivity index (χ2v) is 3.70. The SMILES string of the molecule is CCC1=NC=C=C(N2CCNCC2)C=C1. The molecule has 1 fully saturated rings. The first-order chi connectivity index (χ1) is 7.40. The first kappa shape index (κ1) is 10.2. The molecule has 0 unspecified atom stereocenters. The van der Waals surface area contributed by atoms with Gasteiger partial charge in [-0.1, -0.05) is 12.7 Å². The number of allylic oxidation sites excluding steroid dienone is 2. The van der Waals surface area contributed by atoms with Crippen molar-refractivity contribution in [3.05, 3.63) is 29.8 Å². The monoisotopic (exact) mass is 203 g/mol. The number of hydrogen-bond acceptors (Lipinski definition) is 3. The second-order valence-electron chi connectivity index (χ2n) is 3.70. The molecule has 0 aromatic carbocycles. The molecular formula is C12H17N3. The van der Waals surface area contributed by atoms with Gasteiger partial charge in [-0.15, -0.1) is 0 Å². The van der Waals surface area contributed by atoms with Crippen LogP contribution in [0.5, 0.6) is 0 Å². The van der Waals surface area contributed by atoms with E-state index in [0.29, 0.717) is 0 Å². The van der Waals surface area contributed by atoms with Crippen molar-refractivity contribution >= 4 is 5.71 Å². The van der Waals surface area contributed by atoms with Gasteiger partial charge in [-0.3, -0.25) is 4.99 Å². The molecule has 0 aromatic rings. The number of aliphatic imine (C=N–C) groups is 1. The summed E-state index contributed by atoms with van der Waals surface area (Å²) in [6, 6.07) is 0. The highest BCUT2D eigenvalue weighted by atomic mass is 15.2. The van der Waals surface area contributed by atoms with Crippen LogP contribution in [-0.4, -0.2) is 36.8 Å². The largest absolute Gasteiger partial charge is 0.363 e. The third-order valence-corrected chi connectivity index (χ3v) is 2.70. The number of hydrogen-bond donors (Lipinski definition) is 1. The Hall–Kier alpha value is -1.31. The Bertz CT molecular complexity index is 340. The average Bonchev–Trinajstić information content (AvgIpc) is 2.55. The highest BCUT2D eigenvalue weighted by molar-refractivity contribution is 5.95. The maximum Gasteiger partial charge on any atom is 0.0816 e. The van der Waals surface area contributed by atoms with E-state index in [0.717, 1.165) is 44.0 Å². The van der Waals surface area contributed by atoms with E-state index in [1.165, 1.54) is 0 Å². The van der Waals surface area contributed by atoms with Crippen molar-refractivity contribution in [2.24, 2.45) is 4.99 Å². The molecule has 15 heavy (non-hydrogen) atoms. The lowest BCUT2D eigenvalue weighted by Gasteiger charge is -2.28. The summed E-state index contributed by atoms with van der Waals surface area (Å²) in [5.41, 5.74) is 5.51. The minimum absolute atomic E-state index is 0.976. The molecule has 80 valence electrons. The van der Waals surface area contributed by atoms with Crippen LogP contribution in [0.4, 0.5) is 0 Å². The van der Waals surface area contributed by atoms with Crippen molar-refractivity contribution in [3.63, 3.8) is 0 Å². The van der Waals surface area contributed by atoms with E-state index in [4.69, 9.17) is 0 Å².